The molecule has 0 aromatic heterocycles. The zero-order valence-corrected chi connectivity index (χ0v) is 9.74. The third kappa shape index (κ3) is 3.44. The van der Waals surface area contributed by atoms with E-state index in [0.717, 1.165) is 6.07 Å². The summed E-state index contributed by atoms with van der Waals surface area (Å²) in [6.07, 6.45) is -0.477. The van der Waals surface area contributed by atoms with Gasteiger partial charge in [0.1, 0.15) is 0 Å². The lowest BCUT2D eigenvalue weighted by Crippen LogP contribution is -2.47. The summed E-state index contributed by atoms with van der Waals surface area (Å²) in [5.41, 5.74) is 2.67. The number of benzene rings is 1. The second kappa shape index (κ2) is 6.61. The molecule has 0 fully saturated rings. The summed E-state index contributed by atoms with van der Waals surface area (Å²) in [4.78, 5) is 0. The molecule has 1 rings (SSSR count). The molecule has 1 unspecified atom stereocenters. The number of rotatable bonds is 6. The Morgan fingerprint density at radius 3 is 2.47 bits per heavy atom. The number of ether oxygens (including phenoxy) is 2. The highest BCUT2D eigenvalue weighted by Gasteiger charge is 2.22. The van der Waals surface area contributed by atoms with Gasteiger partial charge in [-0.2, -0.15) is 0 Å². The van der Waals surface area contributed by atoms with Gasteiger partial charge in [-0.3, -0.25) is 11.3 Å². The molecule has 17 heavy (non-hydrogen) atoms. The molecule has 0 saturated carbocycles. The zero-order chi connectivity index (χ0) is 12.8. The van der Waals surface area contributed by atoms with E-state index in [1.165, 1.54) is 26.4 Å². The molecule has 3 N–H and O–H groups in total. The Bertz CT molecular complexity index is 359. The van der Waals surface area contributed by atoms with Gasteiger partial charge in [0.15, 0.2) is 17.9 Å². The quantitative estimate of drug-likeness (QED) is 0.446. The SMILES string of the molecule is COC(OC)C(Cc1cccc(F)c1F)NN. The van der Waals surface area contributed by atoms with Crippen LogP contribution in [0.5, 0.6) is 0 Å². The Kier molecular flexibility index (Phi) is 5.43. The fourth-order valence-electron chi connectivity index (χ4n) is 1.60. The molecule has 1 aromatic rings. The van der Waals surface area contributed by atoms with E-state index in [2.05, 4.69) is 5.43 Å². The third-order valence-electron chi connectivity index (χ3n) is 2.48. The average molecular weight is 246 g/mol. The van der Waals surface area contributed by atoms with Gasteiger partial charge in [-0.05, 0) is 18.1 Å². The summed E-state index contributed by atoms with van der Waals surface area (Å²) in [5.74, 6) is 3.57. The first-order chi connectivity index (χ1) is 8.13. The summed E-state index contributed by atoms with van der Waals surface area (Å²) in [7, 11) is 2.89. The standard InChI is InChI=1S/C11H16F2N2O2/c1-16-11(17-2)9(15-14)6-7-4-3-5-8(12)10(7)13/h3-5,9,11,15H,6,14H2,1-2H3. The van der Waals surface area contributed by atoms with Gasteiger partial charge >= 0.3 is 0 Å². The minimum Gasteiger partial charge on any atom is -0.354 e. The molecular formula is C11H16F2N2O2. The maximum absolute atomic E-state index is 13.4. The van der Waals surface area contributed by atoms with Crippen molar-refractivity contribution in [2.45, 2.75) is 18.8 Å². The summed E-state index contributed by atoms with van der Waals surface area (Å²) < 4.78 is 36.5. The van der Waals surface area contributed by atoms with Gasteiger partial charge in [0.2, 0.25) is 0 Å². The van der Waals surface area contributed by atoms with Gasteiger partial charge in [-0.15, -0.1) is 0 Å². The van der Waals surface area contributed by atoms with Gasteiger partial charge in [0.05, 0.1) is 6.04 Å². The molecule has 0 aliphatic carbocycles. The minimum absolute atomic E-state index is 0.159. The van der Waals surface area contributed by atoms with E-state index in [9.17, 15) is 8.78 Å². The molecule has 0 aliphatic rings. The van der Waals surface area contributed by atoms with Crippen LogP contribution in [0.15, 0.2) is 18.2 Å². The van der Waals surface area contributed by atoms with Crippen molar-refractivity contribution >= 4 is 0 Å². The molecule has 0 aliphatic heterocycles. The lowest BCUT2D eigenvalue weighted by molar-refractivity contribution is -0.122. The highest BCUT2D eigenvalue weighted by Crippen LogP contribution is 2.15. The number of nitrogens with two attached hydrogens (primary N) is 1. The van der Waals surface area contributed by atoms with E-state index < -0.39 is 24.0 Å². The summed E-state index contributed by atoms with van der Waals surface area (Å²) >= 11 is 0. The Morgan fingerprint density at radius 2 is 1.94 bits per heavy atom. The first-order valence-electron chi connectivity index (χ1n) is 5.08. The average Bonchev–Trinajstić information content (AvgIpc) is 2.34. The lowest BCUT2D eigenvalue weighted by atomic mass is 10.1. The number of hydrazine groups is 1. The van der Waals surface area contributed by atoms with Crippen molar-refractivity contribution in [3.8, 4) is 0 Å². The Balaban J connectivity index is 2.83. The number of halogens is 2. The molecule has 1 atom stereocenters. The molecular weight excluding hydrogens is 230 g/mol. The van der Waals surface area contributed by atoms with Crippen LogP contribution in [0.1, 0.15) is 5.56 Å². The summed E-state index contributed by atoms with van der Waals surface area (Å²) in [6, 6.07) is 3.52. The van der Waals surface area contributed by atoms with E-state index in [-0.39, 0.29) is 12.0 Å². The van der Waals surface area contributed by atoms with E-state index in [1.807, 2.05) is 0 Å². The van der Waals surface area contributed by atoms with Gasteiger partial charge in [0.25, 0.3) is 0 Å². The fraction of sp³-hybridized carbons (Fsp3) is 0.455. The lowest BCUT2D eigenvalue weighted by Gasteiger charge is -2.24. The Hall–Kier alpha value is -1.08. The maximum atomic E-state index is 13.4. The molecule has 96 valence electrons. The van der Waals surface area contributed by atoms with Crippen LogP contribution in [-0.2, 0) is 15.9 Å². The second-order valence-electron chi connectivity index (χ2n) is 3.53. The zero-order valence-electron chi connectivity index (χ0n) is 9.74. The van der Waals surface area contributed by atoms with Gasteiger partial charge in [-0.25, -0.2) is 8.78 Å². The second-order valence-corrected chi connectivity index (χ2v) is 3.53. The normalized spacial score (nSPS) is 13.1. The van der Waals surface area contributed by atoms with Crippen LogP contribution in [0.3, 0.4) is 0 Å². The molecule has 0 amide bonds. The molecule has 4 nitrogen and oxygen atoms in total. The van der Waals surface area contributed by atoms with E-state index >= 15 is 0 Å². The van der Waals surface area contributed by atoms with Crippen molar-refractivity contribution in [1.29, 1.82) is 0 Å². The van der Waals surface area contributed by atoms with Gasteiger partial charge in [-0.1, -0.05) is 12.1 Å². The van der Waals surface area contributed by atoms with E-state index in [0.29, 0.717) is 0 Å². The monoisotopic (exact) mass is 246 g/mol. The van der Waals surface area contributed by atoms with Crippen molar-refractivity contribution in [3.63, 3.8) is 0 Å². The highest BCUT2D eigenvalue weighted by atomic mass is 19.2. The van der Waals surface area contributed by atoms with Crippen LogP contribution in [0, 0.1) is 11.6 Å². The predicted molar refractivity (Wildman–Crippen MR) is 59.0 cm³/mol. The smallest absolute Gasteiger partial charge is 0.173 e. The maximum Gasteiger partial charge on any atom is 0.173 e. The molecule has 0 saturated heterocycles. The summed E-state index contributed by atoms with van der Waals surface area (Å²) in [6.45, 7) is 0. The number of nitrogens with one attached hydrogen (secondary N) is 1. The highest BCUT2D eigenvalue weighted by molar-refractivity contribution is 5.20. The van der Waals surface area contributed by atoms with Crippen LogP contribution in [0.25, 0.3) is 0 Å². The largest absolute Gasteiger partial charge is 0.354 e. The van der Waals surface area contributed by atoms with Crippen molar-refractivity contribution in [1.82, 2.24) is 5.43 Å². The fourth-order valence-corrected chi connectivity index (χ4v) is 1.60. The Morgan fingerprint density at radius 1 is 1.29 bits per heavy atom. The van der Waals surface area contributed by atoms with Crippen molar-refractivity contribution < 1.29 is 18.3 Å². The molecule has 0 radical (unpaired) electrons. The van der Waals surface area contributed by atoms with Crippen molar-refractivity contribution in [2.24, 2.45) is 5.84 Å². The van der Waals surface area contributed by atoms with Crippen molar-refractivity contribution in [3.05, 3.63) is 35.4 Å². The minimum atomic E-state index is -0.885. The van der Waals surface area contributed by atoms with Crippen LogP contribution in [0.2, 0.25) is 0 Å². The van der Waals surface area contributed by atoms with Crippen LogP contribution in [0.4, 0.5) is 8.78 Å². The van der Waals surface area contributed by atoms with Gasteiger partial charge < -0.3 is 9.47 Å². The molecule has 1 aromatic carbocycles. The Labute approximate surface area is 98.7 Å². The predicted octanol–water partition coefficient (Wildman–Crippen LogP) is 0.958. The van der Waals surface area contributed by atoms with E-state index in [1.54, 1.807) is 0 Å². The van der Waals surface area contributed by atoms with E-state index in [4.69, 9.17) is 15.3 Å². The molecule has 0 heterocycles. The number of methoxy groups -OCH3 is 2. The van der Waals surface area contributed by atoms with Crippen LogP contribution >= 0.6 is 0 Å². The molecule has 0 bridgehead atoms. The summed E-state index contributed by atoms with van der Waals surface area (Å²) in [5, 5.41) is 0. The first kappa shape index (κ1) is 14.0. The van der Waals surface area contributed by atoms with Crippen LogP contribution in [-0.4, -0.2) is 26.6 Å². The third-order valence-corrected chi connectivity index (χ3v) is 2.48. The molecule has 0 spiro atoms. The van der Waals surface area contributed by atoms with Crippen molar-refractivity contribution in [2.75, 3.05) is 14.2 Å². The first-order valence-corrected chi connectivity index (χ1v) is 5.08. The number of hydrogen-bond acceptors (Lipinski definition) is 4. The topological polar surface area (TPSA) is 56.5 Å². The van der Waals surface area contributed by atoms with Crippen LogP contribution < -0.4 is 11.3 Å². The van der Waals surface area contributed by atoms with Gasteiger partial charge in [0, 0.05) is 14.2 Å². The molecule has 6 heteroatoms. The number of hydrogen-bond donors (Lipinski definition) is 2.